The van der Waals surface area contributed by atoms with Crippen LogP contribution in [0, 0.1) is 0 Å². The van der Waals surface area contributed by atoms with Gasteiger partial charge in [0.05, 0.1) is 18.8 Å². The highest BCUT2D eigenvalue weighted by atomic mass is 16.5. The maximum Gasteiger partial charge on any atom is 0.220 e. The summed E-state index contributed by atoms with van der Waals surface area (Å²) >= 11 is 0. The van der Waals surface area contributed by atoms with Crippen LogP contribution in [0.3, 0.4) is 0 Å². The van der Waals surface area contributed by atoms with Crippen molar-refractivity contribution >= 4 is 5.91 Å². The summed E-state index contributed by atoms with van der Waals surface area (Å²) in [6.45, 7) is 5.14. The van der Waals surface area contributed by atoms with Crippen LogP contribution < -0.4 is 5.32 Å². The third kappa shape index (κ3) is 1.48. The maximum absolute atomic E-state index is 10.9. The number of carbonyl (C=O) groups is 1. The Morgan fingerprint density at radius 2 is 2.30 bits per heavy atom. The highest BCUT2D eigenvalue weighted by Crippen LogP contribution is 2.14. The molecule has 1 fully saturated rings. The minimum absolute atomic E-state index is 0.0763. The Bertz CT molecular complexity index is 141. The van der Waals surface area contributed by atoms with Gasteiger partial charge in [-0.25, -0.2) is 0 Å². The van der Waals surface area contributed by atoms with E-state index in [2.05, 4.69) is 5.32 Å². The number of nitrogens with one attached hydrogen (secondary N) is 1. The molecule has 10 heavy (non-hydrogen) atoms. The molecule has 0 aromatic carbocycles. The van der Waals surface area contributed by atoms with Crippen LogP contribution in [0.2, 0.25) is 0 Å². The van der Waals surface area contributed by atoms with Crippen molar-refractivity contribution in [2.24, 2.45) is 0 Å². The van der Waals surface area contributed by atoms with Gasteiger partial charge in [0.25, 0.3) is 0 Å². The summed E-state index contributed by atoms with van der Waals surface area (Å²) in [5.41, 5.74) is -0.0763. The van der Waals surface area contributed by atoms with Gasteiger partial charge in [0, 0.05) is 6.42 Å². The molecule has 0 aromatic rings. The van der Waals surface area contributed by atoms with Gasteiger partial charge in [-0.15, -0.1) is 0 Å². The van der Waals surface area contributed by atoms with Gasteiger partial charge in [0.1, 0.15) is 0 Å². The van der Waals surface area contributed by atoms with E-state index in [1.54, 1.807) is 0 Å². The highest BCUT2D eigenvalue weighted by molar-refractivity contribution is 5.76. The molecule has 0 aromatic heterocycles. The molecule has 0 spiro atoms. The number of carbonyl (C=O) groups excluding carboxylic acids is 1. The van der Waals surface area contributed by atoms with E-state index in [1.165, 1.54) is 0 Å². The molecule has 1 saturated heterocycles. The number of hydrogen-bond donors (Lipinski definition) is 1. The number of hydrogen-bond acceptors (Lipinski definition) is 2. The van der Waals surface area contributed by atoms with E-state index in [0.717, 1.165) is 0 Å². The minimum Gasteiger partial charge on any atom is -0.376 e. The van der Waals surface area contributed by atoms with Crippen molar-refractivity contribution in [3.63, 3.8) is 0 Å². The predicted molar refractivity (Wildman–Crippen MR) is 37.7 cm³/mol. The number of amides is 1. The topological polar surface area (TPSA) is 38.3 Å². The van der Waals surface area contributed by atoms with Crippen molar-refractivity contribution < 1.29 is 9.53 Å². The van der Waals surface area contributed by atoms with Crippen LogP contribution in [-0.4, -0.2) is 24.7 Å². The smallest absolute Gasteiger partial charge is 0.220 e. The fourth-order valence-electron chi connectivity index (χ4n) is 0.905. The normalized spacial score (nSPS) is 21.4. The zero-order valence-electron chi connectivity index (χ0n) is 6.44. The number of rotatable bonds is 2. The molecule has 0 unspecified atom stereocenters. The molecule has 0 radical (unpaired) electrons. The third-order valence-corrected chi connectivity index (χ3v) is 1.60. The van der Waals surface area contributed by atoms with Gasteiger partial charge in [0.2, 0.25) is 5.91 Å². The van der Waals surface area contributed by atoms with Crippen LogP contribution in [0.5, 0.6) is 0 Å². The fourth-order valence-corrected chi connectivity index (χ4v) is 0.905. The zero-order valence-corrected chi connectivity index (χ0v) is 6.44. The first-order chi connectivity index (χ1) is 4.66. The second-order valence-corrected chi connectivity index (χ2v) is 2.96. The molecular weight excluding hydrogens is 130 g/mol. The van der Waals surface area contributed by atoms with Crippen molar-refractivity contribution in [1.29, 1.82) is 0 Å². The average molecular weight is 143 g/mol. The first-order valence-corrected chi connectivity index (χ1v) is 3.55. The van der Waals surface area contributed by atoms with Crippen LogP contribution in [0.15, 0.2) is 0 Å². The Kier molecular flexibility index (Phi) is 1.94. The largest absolute Gasteiger partial charge is 0.376 e. The van der Waals surface area contributed by atoms with Gasteiger partial charge >= 0.3 is 0 Å². The average Bonchev–Trinajstić information content (AvgIpc) is 1.84. The lowest BCUT2D eigenvalue weighted by molar-refractivity contribution is -0.130. The van der Waals surface area contributed by atoms with Crippen LogP contribution in [0.4, 0.5) is 0 Å². The minimum atomic E-state index is -0.0763. The quantitative estimate of drug-likeness (QED) is 0.603. The molecule has 3 nitrogen and oxygen atoms in total. The van der Waals surface area contributed by atoms with Crippen molar-refractivity contribution in [1.82, 2.24) is 5.32 Å². The standard InChI is InChI=1S/C7H13NO2/c1-3-6(9)8-7(2)4-10-5-7/h3-5H2,1-2H3,(H,8,9). The Morgan fingerprint density at radius 1 is 1.70 bits per heavy atom. The van der Waals surface area contributed by atoms with Crippen molar-refractivity contribution in [2.45, 2.75) is 25.8 Å². The first kappa shape index (κ1) is 7.54. The van der Waals surface area contributed by atoms with E-state index >= 15 is 0 Å². The van der Waals surface area contributed by atoms with E-state index < -0.39 is 0 Å². The van der Waals surface area contributed by atoms with Gasteiger partial charge in [-0.05, 0) is 6.92 Å². The summed E-state index contributed by atoms with van der Waals surface area (Å²) in [6, 6.07) is 0. The van der Waals surface area contributed by atoms with Gasteiger partial charge in [-0.2, -0.15) is 0 Å². The summed E-state index contributed by atoms with van der Waals surface area (Å²) in [4.78, 5) is 10.9. The molecular formula is C7H13NO2. The zero-order chi connectivity index (χ0) is 7.61. The Morgan fingerprint density at radius 3 is 2.60 bits per heavy atom. The molecule has 58 valence electrons. The number of ether oxygens (including phenoxy) is 1. The first-order valence-electron chi connectivity index (χ1n) is 3.55. The Hall–Kier alpha value is -0.570. The fraction of sp³-hybridized carbons (Fsp3) is 0.857. The molecule has 3 heteroatoms. The highest BCUT2D eigenvalue weighted by Gasteiger charge is 2.34. The Labute approximate surface area is 60.7 Å². The van der Waals surface area contributed by atoms with Crippen LogP contribution >= 0.6 is 0 Å². The van der Waals surface area contributed by atoms with Crippen LogP contribution in [0.1, 0.15) is 20.3 Å². The van der Waals surface area contributed by atoms with Gasteiger partial charge in [0.15, 0.2) is 0 Å². The van der Waals surface area contributed by atoms with Crippen molar-refractivity contribution in [2.75, 3.05) is 13.2 Å². The SMILES string of the molecule is CCC(=O)NC1(C)COC1. The molecule has 0 bridgehead atoms. The molecule has 1 heterocycles. The summed E-state index contributed by atoms with van der Waals surface area (Å²) in [6.07, 6.45) is 0.551. The van der Waals surface area contributed by atoms with Crippen LogP contribution in [0.25, 0.3) is 0 Å². The molecule has 0 aliphatic carbocycles. The summed E-state index contributed by atoms with van der Waals surface area (Å²) in [5.74, 6) is 0.103. The molecule has 1 aliphatic rings. The molecule has 1 rings (SSSR count). The lowest BCUT2D eigenvalue weighted by Crippen LogP contribution is -2.59. The second kappa shape index (κ2) is 2.58. The van der Waals surface area contributed by atoms with Crippen LogP contribution in [-0.2, 0) is 9.53 Å². The van der Waals surface area contributed by atoms with Gasteiger partial charge in [-0.1, -0.05) is 6.92 Å². The van der Waals surface area contributed by atoms with Crippen molar-refractivity contribution in [3.05, 3.63) is 0 Å². The summed E-state index contributed by atoms with van der Waals surface area (Å²) < 4.78 is 4.97. The maximum atomic E-state index is 10.9. The van der Waals surface area contributed by atoms with E-state index in [1.807, 2.05) is 13.8 Å². The van der Waals surface area contributed by atoms with E-state index in [-0.39, 0.29) is 11.4 Å². The van der Waals surface area contributed by atoms with Gasteiger partial charge in [-0.3, -0.25) is 4.79 Å². The van der Waals surface area contributed by atoms with E-state index in [9.17, 15) is 4.79 Å². The monoisotopic (exact) mass is 143 g/mol. The summed E-state index contributed by atoms with van der Waals surface area (Å²) in [7, 11) is 0. The lowest BCUT2D eigenvalue weighted by Gasteiger charge is -2.38. The molecule has 1 aliphatic heterocycles. The molecule has 1 amide bonds. The predicted octanol–water partition coefficient (Wildman–Crippen LogP) is 0.301. The molecule has 0 saturated carbocycles. The van der Waals surface area contributed by atoms with E-state index in [0.29, 0.717) is 19.6 Å². The summed E-state index contributed by atoms with van der Waals surface area (Å²) in [5, 5.41) is 2.88. The third-order valence-electron chi connectivity index (χ3n) is 1.60. The lowest BCUT2D eigenvalue weighted by atomic mass is 10.0. The second-order valence-electron chi connectivity index (χ2n) is 2.96. The van der Waals surface area contributed by atoms with E-state index in [4.69, 9.17) is 4.74 Å². The van der Waals surface area contributed by atoms with Crippen molar-refractivity contribution in [3.8, 4) is 0 Å². The Balaban J connectivity index is 2.29. The molecule has 0 atom stereocenters. The molecule has 1 N–H and O–H groups in total. The van der Waals surface area contributed by atoms with Gasteiger partial charge < -0.3 is 10.1 Å².